The molecule has 178 valence electrons. The molecular formula is C23H27ClFN3O4S. The number of hydrogen-bond acceptors (Lipinski definition) is 4. The largest absolute Gasteiger partial charge is 0.354 e. The van der Waals surface area contributed by atoms with Gasteiger partial charge in [-0.25, -0.2) is 12.8 Å². The van der Waals surface area contributed by atoms with E-state index in [0.717, 1.165) is 6.42 Å². The zero-order valence-electron chi connectivity index (χ0n) is 18.3. The molecule has 0 radical (unpaired) electrons. The third-order valence-electron chi connectivity index (χ3n) is 5.65. The van der Waals surface area contributed by atoms with Crippen molar-refractivity contribution in [3.05, 3.63) is 64.9 Å². The van der Waals surface area contributed by atoms with Crippen LogP contribution in [0.2, 0.25) is 5.02 Å². The number of piperidine rings is 1. The Morgan fingerprint density at radius 2 is 1.70 bits per heavy atom. The number of halogens is 2. The van der Waals surface area contributed by atoms with E-state index in [4.69, 9.17) is 11.6 Å². The van der Waals surface area contributed by atoms with E-state index in [2.05, 4.69) is 10.6 Å². The summed E-state index contributed by atoms with van der Waals surface area (Å²) in [5.41, 5.74) is 0.243. The minimum atomic E-state index is -3.68. The molecule has 2 N–H and O–H groups in total. The predicted molar refractivity (Wildman–Crippen MR) is 124 cm³/mol. The second-order valence-electron chi connectivity index (χ2n) is 7.94. The van der Waals surface area contributed by atoms with E-state index in [-0.39, 0.29) is 35.4 Å². The molecule has 1 aliphatic heterocycles. The topological polar surface area (TPSA) is 95.6 Å². The summed E-state index contributed by atoms with van der Waals surface area (Å²) in [6.45, 7) is 2.83. The van der Waals surface area contributed by atoms with Gasteiger partial charge in [-0.2, -0.15) is 4.31 Å². The summed E-state index contributed by atoms with van der Waals surface area (Å²) in [7, 11) is -3.68. The van der Waals surface area contributed by atoms with Gasteiger partial charge in [0, 0.05) is 30.2 Å². The van der Waals surface area contributed by atoms with Crippen LogP contribution in [0.25, 0.3) is 0 Å². The van der Waals surface area contributed by atoms with Gasteiger partial charge in [-0.15, -0.1) is 0 Å². The smallest absolute Gasteiger partial charge is 0.251 e. The monoisotopic (exact) mass is 495 g/mol. The number of sulfonamides is 1. The van der Waals surface area contributed by atoms with Crippen molar-refractivity contribution in [3.8, 4) is 0 Å². The Labute approximate surface area is 198 Å². The van der Waals surface area contributed by atoms with E-state index in [1.807, 2.05) is 6.92 Å². The maximum absolute atomic E-state index is 13.2. The van der Waals surface area contributed by atoms with Gasteiger partial charge in [-0.1, -0.05) is 18.5 Å². The molecule has 1 atom stereocenters. The molecule has 0 unspecified atom stereocenters. The molecule has 3 rings (SSSR count). The lowest BCUT2D eigenvalue weighted by Gasteiger charge is -2.35. The van der Waals surface area contributed by atoms with Crippen LogP contribution in [0.5, 0.6) is 0 Å². The Hall–Kier alpha value is -2.49. The van der Waals surface area contributed by atoms with Crippen molar-refractivity contribution in [1.29, 1.82) is 0 Å². The third kappa shape index (κ3) is 6.31. The number of carbonyl (C=O) groups is 2. The van der Waals surface area contributed by atoms with E-state index in [0.29, 0.717) is 24.4 Å². The number of carbonyl (C=O) groups excluding carboxylic acids is 2. The average molecular weight is 496 g/mol. The number of benzene rings is 2. The molecule has 2 amide bonds. The average Bonchev–Trinajstić information content (AvgIpc) is 2.81. The maximum Gasteiger partial charge on any atom is 0.251 e. The number of hydrogen-bond donors (Lipinski definition) is 2. The molecule has 0 bridgehead atoms. The van der Waals surface area contributed by atoms with Crippen molar-refractivity contribution in [1.82, 2.24) is 14.9 Å². The molecule has 33 heavy (non-hydrogen) atoms. The molecule has 1 heterocycles. The molecule has 1 aliphatic rings. The first-order valence-electron chi connectivity index (χ1n) is 10.8. The summed E-state index contributed by atoms with van der Waals surface area (Å²) in [4.78, 5) is 25.7. The Balaban J connectivity index is 1.71. The van der Waals surface area contributed by atoms with Crippen molar-refractivity contribution in [2.24, 2.45) is 5.92 Å². The van der Waals surface area contributed by atoms with Crippen LogP contribution < -0.4 is 10.6 Å². The minimum absolute atomic E-state index is 0.159. The molecule has 0 saturated carbocycles. The Morgan fingerprint density at radius 3 is 2.27 bits per heavy atom. The summed E-state index contributed by atoms with van der Waals surface area (Å²) < 4.78 is 40.5. The highest BCUT2D eigenvalue weighted by Gasteiger charge is 2.36. The third-order valence-corrected chi connectivity index (χ3v) is 7.81. The maximum atomic E-state index is 13.2. The van der Waals surface area contributed by atoms with E-state index in [1.54, 1.807) is 0 Å². The fourth-order valence-electron chi connectivity index (χ4n) is 3.79. The predicted octanol–water partition coefficient (Wildman–Crippen LogP) is 3.20. The van der Waals surface area contributed by atoms with Crippen LogP contribution in [0.1, 0.15) is 36.5 Å². The highest BCUT2D eigenvalue weighted by atomic mass is 35.5. The van der Waals surface area contributed by atoms with Crippen LogP contribution in [0.4, 0.5) is 4.39 Å². The van der Waals surface area contributed by atoms with Gasteiger partial charge in [0.2, 0.25) is 15.9 Å². The van der Waals surface area contributed by atoms with Crippen LogP contribution in [-0.2, 0) is 14.8 Å². The fraction of sp³-hybridized carbons (Fsp3) is 0.391. The highest BCUT2D eigenvalue weighted by molar-refractivity contribution is 7.89. The molecule has 1 saturated heterocycles. The number of nitrogens with zero attached hydrogens (tertiary/aromatic N) is 1. The van der Waals surface area contributed by atoms with E-state index >= 15 is 0 Å². The van der Waals surface area contributed by atoms with E-state index in [1.165, 1.54) is 52.8 Å². The summed E-state index contributed by atoms with van der Waals surface area (Å²) >= 11 is 5.86. The van der Waals surface area contributed by atoms with Crippen molar-refractivity contribution in [2.45, 2.75) is 37.1 Å². The van der Waals surface area contributed by atoms with Gasteiger partial charge in [0.1, 0.15) is 11.9 Å². The number of nitrogens with one attached hydrogen (secondary N) is 2. The zero-order valence-corrected chi connectivity index (χ0v) is 19.8. The minimum Gasteiger partial charge on any atom is -0.354 e. The molecule has 1 fully saturated rings. The van der Waals surface area contributed by atoms with Crippen LogP contribution in [0.15, 0.2) is 53.4 Å². The lowest BCUT2D eigenvalue weighted by Crippen LogP contribution is -2.53. The van der Waals surface area contributed by atoms with Gasteiger partial charge in [0.15, 0.2) is 0 Å². The first-order chi connectivity index (χ1) is 15.7. The van der Waals surface area contributed by atoms with Gasteiger partial charge in [0.25, 0.3) is 5.91 Å². The number of amides is 2. The summed E-state index contributed by atoms with van der Waals surface area (Å²) in [5.74, 6) is -1.50. The van der Waals surface area contributed by atoms with Crippen LogP contribution in [0.3, 0.4) is 0 Å². The Bertz CT molecular complexity index is 1070. The Kier molecular flexibility index (Phi) is 8.45. The molecule has 2 aromatic carbocycles. The van der Waals surface area contributed by atoms with Crippen LogP contribution >= 0.6 is 11.6 Å². The summed E-state index contributed by atoms with van der Waals surface area (Å²) in [6, 6.07) is 10.2. The van der Waals surface area contributed by atoms with Crippen molar-refractivity contribution >= 4 is 33.4 Å². The molecular weight excluding hydrogens is 469 g/mol. The molecule has 0 spiro atoms. The van der Waals surface area contributed by atoms with Crippen LogP contribution in [-0.4, -0.2) is 50.2 Å². The normalized spacial score (nSPS) is 16.2. The second-order valence-corrected chi connectivity index (χ2v) is 10.3. The summed E-state index contributed by atoms with van der Waals surface area (Å²) in [5, 5.41) is 6.03. The first kappa shape index (κ1) is 25.1. The first-order valence-corrected chi connectivity index (χ1v) is 12.6. The lowest BCUT2D eigenvalue weighted by molar-refractivity contribution is -0.124. The molecule has 10 heteroatoms. The fourth-order valence-corrected chi connectivity index (χ4v) is 5.38. The Morgan fingerprint density at radius 1 is 1.09 bits per heavy atom. The van der Waals surface area contributed by atoms with Gasteiger partial charge < -0.3 is 10.6 Å². The van der Waals surface area contributed by atoms with Crippen molar-refractivity contribution in [2.75, 3.05) is 19.6 Å². The molecule has 0 aliphatic carbocycles. The lowest BCUT2D eigenvalue weighted by atomic mass is 9.89. The van der Waals surface area contributed by atoms with Gasteiger partial charge >= 0.3 is 0 Å². The molecule has 2 aromatic rings. The SMILES string of the molecule is CCCNC(=O)[C@H](NC(=O)c1ccc(F)cc1)C1CCN(S(=O)(=O)c2ccc(Cl)cc2)CC1. The van der Waals surface area contributed by atoms with Gasteiger partial charge in [-0.3, -0.25) is 9.59 Å². The van der Waals surface area contributed by atoms with Gasteiger partial charge in [0.05, 0.1) is 4.90 Å². The van der Waals surface area contributed by atoms with Crippen molar-refractivity contribution < 1.29 is 22.4 Å². The second kappa shape index (κ2) is 11.1. The summed E-state index contributed by atoms with van der Waals surface area (Å²) in [6.07, 6.45) is 1.55. The molecule has 7 nitrogen and oxygen atoms in total. The van der Waals surface area contributed by atoms with Crippen LogP contribution in [0, 0.1) is 11.7 Å². The van der Waals surface area contributed by atoms with Crippen molar-refractivity contribution in [3.63, 3.8) is 0 Å². The highest BCUT2D eigenvalue weighted by Crippen LogP contribution is 2.27. The van der Waals surface area contributed by atoms with E-state index in [9.17, 15) is 22.4 Å². The standard InChI is InChI=1S/C23H27ClFN3O4S/c1-2-13-26-23(30)21(27-22(29)17-3-7-19(25)8-4-17)16-11-14-28(15-12-16)33(31,32)20-9-5-18(24)6-10-20/h3-10,16,21H,2,11-15H2,1H3,(H,26,30)(H,27,29)/t21-/m1/s1. The zero-order chi connectivity index (χ0) is 24.0. The number of rotatable bonds is 8. The van der Waals surface area contributed by atoms with E-state index < -0.39 is 27.8 Å². The quantitative estimate of drug-likeness (QED) is 0.588. The van der Waals surface area contributed by atoms with Gasteiger partial charge in [-0.05, 0) is 73.7 Å². The molecule has 0 aromatic heterocycles.